The Hall–Kier alpha value is -3.51. The standard InChI is InChI=1S/C28H32O15/c1-10-19(33)21(35)22(36)27(39-10)43-26-20(34)17(9-29)41-28(23(26)37)42-24-15(32)7-13(30)18-14(31)8-16(40-25(18)24)11-3-5-12(38-2)6-4-11/h3-8,10,17,19-23,26-30,32-37H,9H2,1-2H3/t10-,17+,19-,20+,21+,22+,23+,26-,27-,28-/m0/s1. The van der Waals surface area contributed by atoms with Crippen molar-refractivity contribution in [3.63, 3.8) is 0 Å². The number of hydrogen-bond donors (Lipinski definition) is 8. The third-order valence-corrected chi connectivity index (χ3v) is 7.45. The number of benzene rings is 2. The second kappa shape index (κ2) is 12.2. The van der Waals surface area contributed by atoms with Gasteiger partial charge in [0.1, 0.15) is 65.4 Å². The number of aromatic hydroxyl groups is 2. The monoisotopic (exact) mass is 608 g/mol. The molecular formula is C28H32O15. The molecule has 5 rings (SSSR count). The topological polar surface area (TPSA) is 238 Å². The molecule has 0 unspecified atom stereocenters. The number of phenolic OH excluding ortho intramolecular Hbond substituents is 2. The number of rotatable bonds is 7. The molecule has 0 aliphatic carbocycles. The highest BCUT2D eigenvalue weighted by atomic mass is 16.7. The average Bonchev–Trinajstić information content (AvgIpc) is 2.99. The third-order valence-electron chi connectivity index (χ3n) is 7.45. The molecule has 0 saturated carbocycles. The lowest BCUT2D eigenvalue weighted by Gasteiger charge is -2.45. The van der Waals surface area contributed by atoms with Gasteiger partial charge in [-0.1, -0.05) is 0 Å². The molecule has 3 aromatic rings. The first-order valence-electron chi connectivity index (χ1n) is 13.3. The Morgan fingerprint density at radius 3 is 2.19 bits per heavy atom. The summed E-state index contributed by atoms with van der Waals surface area (Å²) in [5.41, 5.74) is -0.664. The van der Waals surface area contributed by atoms with E-state index in [-0.39, 0.29) is 11.1 Å². The van der Waals surface area contributed by atoms with Crippen LogP contribution in [0.4, 0.5) is 0 Å². The first-order valence-corrected chi connectivity index (χ1v) is 13.3. The minimum Gasteiger partial charge on any atom is -0.507 e. The lowest BCUT2D eigenvalue weighted by Crippen LogP contribution is -2.64. The van der Waals surface area contributed by atoms with Gasteiger partial charge in [-0.25, -0.2) is 0 Å². The molecule has 15 nitrogen and oxygen atoms in total. The third kappa shape index (κ3) is 5.74. The fourth-order valence-electron chi connectivity index (χ4n) is 5.00. The number of aliphatic hydroxyl groups excluding tert-OH is 6. The summed E-state index contributed by atoms with van der Waals surface area (Å²) in [6.07, 6.45) is -16.0. The van der Waals surface area contributed by atoms with E-state index in [9.17, 15) is 45.6 Å². The van der Waals surface area contributed by atoms with Crippen molar-refractivity contribution in [2.45, 2.75) is 68.3 Å². The van der Waals surface area contributed by atoms with Crippen LogP contribution in [-0.4, -0.2) is 116 Å². The lowest BCUT2D eigenvalue weighted by atomic mass is 9.97. The van der Waals surface area contributed by atoms with E-state index in [0.29, 0.717) is 11.3 Å². The largest absolute Gasteiger partial charge is 0.507 e. The maximum Gasteiger partial charge on any atom is 0.229 e. The molecule has 234 valence electrons. The van der Waals surface area contributed by atoms with Gasteiger partial charge in [0.2, 0.25) is 12.0 Å². The van der Waals surface area contributed by atoms with Crippen molar-refractivity contribution < 1.29 is 69.0 Å². The average molecular weight is 609 g/mol. The van der Waals surface area contributed by atoms with E-state index in [2.05, 4.69) is 0 Å². The number of hydrogen-bond acceptors (Lipinski definition) is 15. The molecule has 43 heavy (non-hydrogen) atoms. The van der Waals surface area contributed by atoms with Crippen LogP contribution in [0, 0.1) is 0 Å². The molecule has 15 heteroatoms. The van der Waals surface area contributed by atoms with Crippen LogP contribution in [0.1, 0.15) is 6.92 Å². The van der Waals surface area contributed by atoms with E-state index in [1.807, 2.05) is 0 Å². The van der Waals surface area contributed by atoms with Crippen LogP contribution in [0.25, 0.3) is 22.3 Å². The van der Waals surface area contributed by atoms with Gasteiger partial charge >= 0.3 is 0 Å². The summed E-state index contributed by atoms with van der Waals surface area (Å²) in [4.78, 5) is 13.0. The predicted octanol–water partition coefficient (Wildman–Crippen LogP) is -1.09. The molecule has 2 aromatic carbocycles. The fraction of sp³-hybridized carbons (Fsp3) is 0.464. The maximum atomic E-state index is 13.0. The van der Waals surface area contributed by atoms with E-state index in [1.165, 1.54) is 14.0 Å². The molecule has 0 amide bonds. The Kier molecular flexibility index (Phi) is 8.80. The number of methoxy groups -OCH3 is 1. The van der Waals surface area contributed by atoms with Crippen LogP contribution >= 0.6 is 0 Å². The molecule has 1 aromatic heterocycles. The number of aliphatic hydroxyl groups is 6. The summed E-state index contributed by atoms with van der Waals surface area (Å²) in [5.74, 6) is -1.29. The van der Waals surface area contributed by atoms with E-state index in [4.69, 9.17) is 28.1 Å². The number of phenols is 2. The highest BCUT2D eigenvalue weighted by Gasteiger charge is 2.51. The molecule has 0 spiro atoms. The van der Waals surface area contributed by atoms with Gasteiger partial charge in [0.25, 0.3) is 0 Å². The Balaban J connectivity index is 1.50. The zero-order valence-corrected chi connectivity index (χ0v) is 22.9. The highest BCUT2D eigenvalue weighted by molar-refractivity contribution is 5.91. The van der Waals surface area contributed by atoms with Gasteiger partial charge in [-0.15, -0.1) is 0 Å². The summed E-state index contributed by atoms with van der Waals surface area (Å²) >= 11 is 0. The van der Waals surface area contributed by atoms with E-state index in [0.717, 1.165) is 12.1 Å². The van der Waals surface area contributed by atoms with Gasteiger partial charge in [0.05, 0.1) is 19.8 Å². The maximum absolute atomic E-state index is 13.0. The van der Waals surface area contributed by atoms with Crippen molar-refractivity contribution in [1.82, 2.24) is 0 Å². The van der Waals surface area contributed by atoms with Crippen molar-refractivity contribution in [2.75, 3.05) is 13.7 Å². The molecule has 2 fully saturated rings. The minimum absolute atomic E-state index is 0.0308. The summed E-state index contributed by atoms with van der Waals surface area (Å²) in [6, 6.07) is 8.40. The van der Waals surface area contributed by atoms with E-state index >= 15 is 0 Å². The smallest absolute Gasteiger partial charge is 0.229 e. The van der Waals surface area contributed by atoms with Gasteiger partial charge < -0.3 is 69.0 Å². The molecule has 2 aliphatic heterocycles. The molecular weight excluding hydrogens is 576 g/mol. The zero-order valence-electron chi connectivity index (χ0n) is 22.9. The molecule has 3 heterocycles. The minimum atomic E-state index is -1.90. The normalized spacial score (nSPS) is 32.9. The Bertz CT molecular complexity index is 1490. The van der Waals surface area contributed by atoms with Crippen LogP contribution in [-0.2, 0) is 14.2 Å². The van der Waals surface area contributed by atoms with Crippen LogP contribution in [0.2, 0.25) is 0 Å². The van der Waals surface area contributed by atoms with Crippen molar-refractivity contribution >= 4 is 11.0 Å². The second-order valence-electron chi connectivity index (χ2n) is 10.3. The Morgan fingerprint density at radius 1 is 0.837 bits per heavy atom. The quantitative estimate of drug-likeness (QED) is 0.159. The van der Waals surface area contributed by atoms with Gasteiger partial charge in [-0.3, -0.25) is 4.79 Å². The summed E-state index contributed by atoms with van der Waals surface area (Å²) < 4.78 is 33.3. The van der Waals surface area contributed by atoms with Crippen LogP contribution < -0.4 is 14.9 Å². The number of ether oxygens (including phenoxy) is 5. The molecule has 0 bridgehead atoms. The summed E-state index contributed by atoms with van der Waals surface area (Å²) in [5, 5.41) is 83.0. The van der Waals surface area contributed by atoms with Crippen molar-refractivity contribution in [1.29, 1.82) is 0 Å². The van der Waals surface area contributed by atoms with Crippen LogP contribution in [0.5, 0.6) is 23.0 Å². The molecule has 10 atom stereocenters. The van der Waals surface area contributed by atoms with Gasteiger partial charge in [-0.05, 0) is 31.2 Å². The van der Waals surface area contributed by atoms with E-state index < -0.39 is 96.3 Å². The summed E-state index contributed by atoms with van der Waals surface area (Å²) in [6.45, 7) is 0.612. The van der Waals surface area contributed by atoms with E-state index in [1.54, 1.807) is 24.3 Å². The van der Waals surface area contributed by atoms with Crippen molar-refractivity contribution in [2.24, 2.45) is 0 Å². The Labute approximate surface area is 243 Å². The Morgan fingerprint density at radius 2 is 1.53 bits per heavy atom. The van der Waals surface area contributed by atoms with Gasteiger partial charge in [0, 0.05) is 17.7 Å². The SMILES string of the molecule is COc1ccc(-c2cc(=O)c3c(O)cc(O)c(O[C@@H]4O[C@H](CO)[C@@H](O)[C@H](O[C@@H]5O[C@@H](C)[C@H](O)[C@@H](O)[C@H]5O)[C@H]4O)c3o2)cc1. The summed E-state index contributed by atoms with van der Waals surface area (Å²) in [7, 11) is 1.48. The van der Waals surface area contributed by atoms with Crippen molar-refractivity contribution in [3.8, 4) is 34.3 Å². The lowest BCUT2D eigenvalue weighted by molar-refractivity contribution is -0.349. The molecule has 0 radical (unpaired) electrons. The zero-order chi connectivity index (χ0) is 31.2. The predicted molar refractivity (Wildman–Crippen MR) is 143 cm³/mol. The van der Waals surface area contributed by atoms with Gasteiger partial charge in [-0.2, -0.15) is 0 Å². The molecule has 2 saturated heterocycles. The van der Waals surface area contributed by atoms with Crippen LogP contribution in [0.3, 0.4) is 0 Å². The second-order valence-corrected chi connectivity index (χ2v) is 10.3. The number of fused-ring (bicyclic) bond motifs is 1. The van der Waals surface area contributed by atoms with Gasteiger partial charge in [0.15, 0.2) is 23.1 Å². The fourth-order valence-corrected chi connectivity index (χ4v) is 5.00. The highest BCUT2D eigenvalue weighted by Crippen LogP contribution is 2.42. The van der Waals surface area contributed by atoms with Crippen molar-refractivity contribution in [3.05, 3.63) is 46.6 Å². The van der Waals surface area contributed by atoms with Crippen LogP contribution in [0.15, 0.2) is 45.6 Å². The first-order chi connectivity index (χ1) is 20.4. The molecule has 2 aliphatic rings. The molecule has 8 N–H and O–H groups in total. The first kappa shape index (κ1) is 30.9.